The van der Waals surface area contributed by atoms with Crippen molar-refractivity contribution in [2.24, 2.45) is 0 Å². The number of nitrogens with zero attached hydrogens (tertiary/aromatic N) is 3. The van der Waals surface area contributed by atoms with Crippen molar-refractivity contribution in [3.63, 3.8) is 0 Å². The van der Waals surface area contributed by atoms with Crippen molar-refractivity contribution in [2.75, 3.05) is 17.7 Å². The van der Waals surface area contributed by atoms with Crippen LogP contribution in [0.15, 0.2) is 61.1 Å². The van der Waals surface area contributed by atoms with Crippen LogP contribution in [0.4, 0.5) is 16.2 Å². The van der Waals surface area contributed by atoms with Crippen LogP contribution in [0.3, 0.4) is 0 Å². The van der Waals surface area contributed by atoms with Crippen molar-refractivity contribution in [2.45, 2.75) is 6.92 Å². The van der Waals surface area contributed by atoms with Crippen LogP contribution in [0.2, 0.25) is 5.02 Å². The lowest BCUT2D eigenvalue weighted by Gasteiger charge is -2.13. The lowest BCUT2D eigenvalue weighted by atomic mass is 10.1. The standard InChI is InChI=1S/C21H18ClN5O2/c1-13-4-5-14(18-12-27-9-3-8-23-20(27)24-18)10-16(13)25-21(28)26-17-11-15(22)6-7-19(17)29-2/h3-12H,1-2H3,(H2,25,26,28). The highest BCUT2D eigenvalue weighted by atomic mass is 35.5. The van der Waals surface area contributed by atoms with E-state index in [4.69, 9.17) is 16.3 Å². The van der Waals surface area contributed by atoms with E-state index in [0.29, 0.717) is 27.9 Å². The molecule has 0 saturated heterocycles. The van der Waals surface area contributed by atoms with E-state index in [1.54, 1.807) is 24.4 Å². The van der Waals surface area contributed by atoms with Crippen LogP contribution in [-0.4, -0.2) is 27.5 Å². The number of amides is 2. The fraction of sp³-hybridized carbons (Fsp3) is 0.0952. The van der Waals surface area contributed by atoms with E-state index in [0.717, 1.165) is 16.8 Å². The number of hydrogen-bond acceptors (Lipinski definition) is 4. The summed E-state index contributed by atoms with van der Waals surface area (Å²) in [6, 6.07) is 12.2. The number of hydrogen-bond donors (Lipinski definition) is 2. The number of aromatic nitrogens is 3. The number of imidazole rings is 1. The summed E-state index contributed by atoms with van der Waals surface area (Å²) in [5.41, 5.74) is 3.72. The van der Waals surface area contributed by atoms with Crippen molar-refractivity contribution in [3.8, 4) is 17.0 Å². The first-order valence-electron chi connectivity index (χ1n) is 8.86. The first-order chi connectivity index (χ1) is 14.0. The number of nitrogens with one attached hydrogen (secondary N) is 2. The van der Waals surface area contributed by atoms with Crippen LogP contribution in [0.5, 0.6) is 5.75 Å². The summed E-state index contributed by atoms with van der Waals surface area (Å²) in [5, 5.41) is 6.14. The van der Waals surface area contributed by atoms with Gasteiger partial charge in [0.2, 0.25) is 5.78 Å². The number of halogens is 1. The third-order valence-corrected chi connectivity index (χ3v) is 4.66. The molecule has 0 atom stereocenters. The van der Waals surface area contributed by atoms with Gasteiger partial charge in [-0.25, -0.2) is 14.8 Å². The van der Waals surface area contributed by atoms with Gasteiger partial charge in [0.05, 0.1) is 18.5 Å². The number of carbonyl (C=O) groups excluding carboxylic acids is 1. The minimum absolute atomic E-state index is 0.400. The van der Waals surface area contributed by atoms with Crippen molar-refractivity contribution in [1.29, 1.82) is 0 Å². The number of aryl methyl sites for hydroxylation is 1. The number of ether oxygens (including phenoxy) is 1. The maximum Gasteiger partial charge on any atom is 0.323 e. The highest BCUT2D eigenvalue weighted by Gasteiger charge is 2.12. The first-order valence-corrected chi connectivity index (χ1v) is 9.23. The molecule has 146 valence electrons. The Morgan fingerprint density at radius 2 is 1.97 bits per heavy atom. The highest BCUT2D eigenvalue weighted by molar-refractivity contribution is 6.31. The zero-order chi connectivity index (χ0) is 20.4. The number of benzene rings is 2. The minimum atomic E-state index is -0.400. The molecule has 8 heteroatoms. The Morgan fingerprint density at radius 1 is 1.14 bits per heavy atom. The first kappa shape index (κ1) is 18.8. The van der Waals surface area contributed by atoms with E-state index in [9.17, 15) is 4.79 Å². The molecule has 2 aromatic carbocycles. The predicted octanol–water partition coefficient (Wildman–Crippen LogP) is 5.01. The molecule has 4 aromatic rings. The van der Waals surface area contributed by atoms with Gasteiger partial charge in [0.1, 0.15) is 5.75 Å². The number of anilines is 2. The van der Waals surface area contributed by atoms with Crippen LogP contribution >= 0.6 is 11.6 Å². The Morgan fingerprint density at radius 3 is 2.76 bits per heavy atom. The molecule has 0 bridgehead atoms. The summed E-state index contributed by atoms with van der Waals surface area (Å²) in [6.07, 6.45) is 5.48. The van der Waals surface area contributed by atoms with Gasteiger partial charge in [-0.15, -0.1) is 0 Å². The monoisotopic (exact) mass is 407 g/mol. The fourth-order valence-corrected chi connectivity index (χ4v) is 3.11. The lowest BCUT2D eigenvalue weighted by molar-refractivity contribution is 0.262. The van der Waals surface area contributed by atoms with E-state index >= 15 is 0 Å². The molecule has 4 rings (SSSR count). The van der Waals surface area contributed by atoms with E-state index in [1.807, 2.05) is 48.0 Å². The smallest absolute Gasteiger partial charge is 0.323 e. The molecule has 0 saturated carbocycles. The zero-order valence-corrected chi connectivity index (χ0v) is 16.6. The van der Waals surface area contributed by atoms with Gasteiger partial charge in [0.15, 0.2) is 0 Å². The van der Waals surface area contributed by atoms with Crippen LogP contribution in [0.25, 0.3) is 17.0 Å². The molecule has 2 amide bonds. The number of fused-ring (bicyclic) bond motifs is 1. The van der Waals surface area contributed by atoms with Gasteiger partial charge in [-0.3, -0.25) is 4.40 Å². The largest absolute Gasteiger partial charge is 0.495 e. The van der Waals surface area contributed by atoms with Crippen LogP contribution in [0.1, 0.15) is 5.56 Å². The van der Waals surface area contributed by atoms with Gasteiger partial charge in [-0.05, 0) is 42.8 Å². The van der Waals surface area contributed by atoms with Crippen molar-refractivity contribution >= 4 is 34.8 Å². The lowest BCUT2D eigenvalue weighted by Crippen LogP contribution is -2.20. The third-order valence-electron chi connectivity index (χ3n) is 4.43. The number of urea groups is 1. The second kappa shape index (κ2) is 7.81. The van der Waals surface area contributed by atoms with Crippen molar-refractivity contribution in [1.82, 2.24) is 14.4 Å². The normalized spacial score (nSPS) is 10.7. The maximum absolute atomic E-state index is 12.6. The second-order valence-corrected chi connectivity index (χ2v) is 6.84. The second-order valence-electron chi connectivity index (χ2n) is 6.41. The van der Waals surface area contributed by atoms with Gasteiger partial charge in [0, 0.05) is 34.9 Å². The van der Waals surface area contributed by atoms with Crippen molar-refractivity contribution in [3.05, 3.63) is 71.6 Å². The Labute approximate surface area is 172 Å². The molecule has 0 aliphatic rings. The highest BCUT2D eigenvalue weighted by Crippen LogP contribution is 2.29. The van der Waals surface area contributed by atoms with Gasteiger partial charge in [0.25, 0.3) is 0 Å². The SMILES string of the molecule is COc1ccc(Cl)cc1NC(=O)Nc1cc(-c2cn3cccnc3n2)ccc1C. The Kier molecular flexibility index (Phi) is 5.05. The Bertz CT molecular complexity index is 1170. The maximum atomic E-state index is 12.6. The van der Waals surface area contributed by atoms with Gasteiger partial charge in [-0.1, -0.05) is 23.7 Å². The molecule has 2 aromatic heterocycles. The average Bonchev–Trinajstić information content (AvgIpc) is 3.14. The topological polar surface area (TPSA) is 80.5 Å². The molecule has 7 nitrogen and oxygen atoms in total. The summed E-state index contributed by atoms with van der Waals surface area (Å²) in [5.74, 6) is 1.13. The van der Waals surface area contributed by atoms with E-state index in [-0.39, 0.29) is 0 Å². The molecular formula is C21H18ClN5O2. The van der Waals surface area contributed by atoms with E-state index < -0.39 is 6.03 Å². The van der Waals surface area contributed by atoms with E-state index in [2.05, 4.69) is 20.6 Å². The van der Waals surface area contributed by atoms with E-state index in [1.165, 1.54) is 7.11 Å². The summed E-state index contributed by atoms with van der Waals surface area (Å²) in [4.78, 5) is 21.3. The molecule has 0 aliphatic carbocycles. The molecule has 0 spiro atoms. The number of rotatable bonds is 4. The van der Waals surface area contributed by atoms with Crippen molar-refractivity contribution < 1.29 is 9.53 Å². The van der Waals surface area contributed by atoms with Gasteiger partial charge >= 0.3 is 6.03 Å². The average molecular weight is 408 g/mol. The molecular weight excluding hydrogens is 390 g/mol. The van der Waals surface area contributed by atoms with Crippen LogP contribution < -0.4 is 15.4 Å². The molecule has 0 fully saturated rings. The molecule has 2 heterocycles. The van der Waals surface area contributed by atoms with Crippen LogP contribution in [0, 0.1) is 6.92 Å². The number of methoxy groups -OCH3 is 1. The minimum Gasteiger partial charge on any atom is -0.495 e. The van der Waals surface area contributed by atoms with Crippen LogP contribution in [-0.2, 0) is 0 Å². The zero-order valence-electron chi connectivity index (χ0n) is 15.8. The molecule has 2 N–H and O–H groups in total. The number of carbonyl (C=O) groups is 1. The third kappa shape index (κ3) is 4.00. The summed E-state index contributed by atoms with van der Waals surface area (Å²) >= 11 is 6.02. The molecule has 0 radical (unpaired) electrons. The van der Waals surface area contributed by atoms with Gasteiger partial charge < -0.3 is 15.4 Å². The summed E-state index contributed by atoms with van der Waals surface area (Å²) < 4.78 is 7.11. The predicted molar refractivity (Wildman–Crippen MR) is 114 cm³/mol. The Balaban J connectivity index is 1.58. The Hall–Kier alpha value is -3.58. The quantitative estimate of drug-likeness (QED) is 0.498. The fourth-order valence-electron chi connectivity index (χ4n) is 2.94. The summed E-state index contributed by atoms with van der Waals surface area (Å²) in [6.45, 7) is 1.92. The molecule has 0 aliphatic heterocycles. The molecule has 29 heavy (non-hydrogen) atoms. The van der Waals surface area contributed by atoms with Gasteiger partial charge in [-0.2, -0.15) is 0 Å². The molecule has 0 unspecified atom stereocenters. The summed E-state index contributed by atoms with van der Waals surface area (Å²) in [7, 11) is 1.53.